The first-order valence-corrected chi connectivity index (χ1v) is 8.33. The summed E-state index contributed by atoms with van der Waals surface area (Å²) < 4.78 is 7.95. The van der Waals surface area contributed by atoms with Gasteiger partial charge in [0, 0.05) is 12.3 Å². The van der Waals surface area contributed by atoms with Gasteiger partial charge in [0.25, 0.3) is 0 Å². The molecule has 2 aromatic rings. The van der Waals surface area contributed by atoms with Crippen molar-refractivity contribution >= 4 is 11.8 Å². The fourth-order valence-corrected chi connectivity index (χ4v) is 2.92. The third-order valence-corrected chi connectivity index (χ3v) is 4.41. The molecule has 4 nitrogen and oxygen atoms in total. The first-order valence-electron chi connectivity index (χ1n) is 7.34. The molecule has 114 valence electrons. The molecule has 0 fully saturated rings. The molecule has 0 unspecified atom stereocenters. The maximum Gasteiger partial charge on any atom is 0.191 e. The van der Waals surface area contributed by atoms with E-state index in [9.17, 15) is 0 Å². The normalized spacial score (nSPS) is 11.1. The number of aryl methyl sites for hydroxylation is 1. The van der Waals surface area contributed by atoms with Crippen molar-refractivity contribution in [3.63, 3.8) is 0 Å². The molecule has 1 aromatic carbocycles. The van der Waals surface area contributed by atoms with Crippen molar-refractivity contribution < 1.29 is 4.74 Å². The van der Waals surface area contributed by atoms with Crippen LogP contribution in [0.15, 0.2) is 29.4 Å². The lowest BCUT2D eigenvalue weighted by Crippen LogP contribution is -2.07. The van der Waals surface area contributed by atoms with E-state index in [2.05, 4.69) is 48.5 Å². The fourth-order valence-electron chi connectivity index (χ4n) is 1.94. The summed E-state index contributed by atoms with van der Waals surface area (Å²) in [6.45, 7) is 9.90. The Hall–Kier alpha value is -1.49. The van der Waals surface area contributed by atoms with Crippen LogP contribution in [0.5, 0.6) is 5.75 Å². The molecule has 0 aliphatic heterocycles. The number of ether oxygens (including phenoxy) is 1. The number of nitrogens with zero attached hydrogens (tertiary/aromatic N) is 3. The van der Waals surface area contributed by atoms with Crippen LogP contribution in [-0.2, 0) is 13.2 Å². The highest BCUT2D eigenvalue weighted by molar-refractivity contribution is 7.99. The van der Waals surface area contributed by atoms with Gasteiger partial charge < -0.3 is 9.30 Å². The topological polar surface area (TPSA) is 39.9 Å². The van der Waals surface area contributed by atoms with Gasteiger partial charge in [0.15, 0.2) is 11.0 Å². The molecule has 0 aliphatic rings. The van der Waals surface area contributed by atoms with Crippen LogP contribution >= 0.6 is 11.8 Å². The first kappa shape index (κ1) is 15.9. The fraction of sp³-hybridized carbons (Fsp3) is 0.500. The van der Waals surface area contributed by atoms with Gasteiger partial charge in [0.05, 0.1) is 0 Å². The van der Waals surface area contributed by atoms with E-state index in [4.69, 9.17) is 4.74 Å². The van der Waals surface area contributed by atoms with Crippen molar-refractivity contribution in [2.24, 2.45) is 5.92 Å². The highest BCUT2D eigenvalue weighted by atomic mass is 32.2. The summed E-state index contributed by atoms with van der Waals surface area (Å²) in [4.78, 5) is 0. The average molecular weight is 305 g/mol. The molecular formula is C16H23N3OS. The molecule has 0 saturated carbocycles. The lowest BCUT2D eigenvalue weighted by atomic mass is 10.2. The molecule has 21 heavy (non-hydrogen) atoms. The van der Waals surface area contributed by atoms with Gasteiger partial charge in [-0.3, -0.25) is 0 Å². The van der Waals surface area contributed by atoms with E-state index in [0.717, 1.165) is 29.0 Å². The molecule has 0 atom stereocenters. The minimum absolute atomic E-state index is 0.451. The molecule has 1 heterocycles. The Kier molecular flexibility index (Phi) is 5.67. The van der Waals surface area contributed by atoms with Gasteiger partial charge in [-0.2, -0.15) is 0 Å². The van der Waals surface area contributed by atoms with Gasteiger partial charge >= 0.3 is 0 Å². The maximum absolute atomic E-state index is 5.82. The second kappa shape index (κ2) is 7.50. The van der Waals surface area contributed by atoms with Gasteiger partial charge in [-0.05, 0) is 37.5 Å². The summed E-state index contributed by atoms with van der Waals surface area (Å²) in [5, 5.41) is 9.53. The second-order valence-corrected chi connectivity index (χ2v) is 6.44. The third kappa shape index (κ3) is 4.49. The van der Waals surface area contributed by atoms with Crippen LogP contribution < -0.4 is 4.74 Å². The number of rotatable bonds is 7. The molecular weight excluding hydrogens is 282 g/mol. The predicted octanol–water partition coefficient (Wildman–Crippen LogP) is 3.93. The van der Waals surface area contributed by atoms with Gasteiger partial charge in [-0.15, -0.1) is 10.2 Å². The number of hydrogen-bond acceptors (Lipinski definition) is 4. The zero-order valence-corrected chi connectivity index (χ0v) is 14.0. The summed E-state index contributed by atoms with van der Waals surface area (Å²) in [6.07, 6.45) is 0. The lowest BCUT2D eigenvalue weighted by Gasteiger charge is -2.09. The van der Waals surface area contributed by atoms with Crippen molar-refractivity contribution in [2.75, 3.05) is 5.75 Å². The molecule has 0 saturated heterocycles. The monoisotopic (exact) mass is 305 g/mol. The number of thioether (sulfide) groups is 1. The highest BCUT2D eigenvalue weighted by Crippen LogP contribution is 2.21. The number of hydrogen-bond donors (Lipinski definition) is 0. The predicted molar refractivity (Wildman–Crippen MR) is 86.8 cm³/mol. The molecule has 2 rings (SSSR count). The van der Waals surface area contributed by atoms with E-state index in [-0.39, 0.29) is 0 Å². The second-order valence-electron chi connectivity index (χ2n) is 5.45. The van der Waals surface area contributed by atoms with Crippen molar-refractivity contribution in [1.29, 1.82) is 0 Å². The minimum atomic E-state index is 0.451. The molecule has 0 spiro atoms. The van der Waals surface area contributed by atoms with Crippen molar-refractivity contribution in [1.82, 2.24) is 14.8 Å². The van der Waals surface area contributed by atoms with Gasteiger partial charge in [-0.25, -0.2) is 0 Å². The Labute approximate surface area is 130 Å². The molecule has 5 heteroatoms. The number of aromatic nitrogens is 3. The van der Waals surface area contributed by atoms with E-state index in [0.29, 0.717) is 12.5 Å². The zero-order chi connectivity index (χ0) is 15.2. The van der Waals surface area contributed by atoms with Crippen LogP contribution in [-0.4, -0.2) is 20.5 Å². The Morgan fingerprint density at radius 3 is 2.76 bits per heavy atom. The van der Waals surface area contributed by atoms with Crippen LogP contribution in [0.3, 0.4) is 0 Å². The van der Waals surface area contributed by atoms with Crippen molar-refractivity contribution in [2.45, 2.75) is 46.0 Å². The zero-order valence-electron chi connectivity index (χ0n) is 13.2. The van der Waals surface area contributed by atoms with E-state index < -0.39 is 0 Å². The smallest absolute Gasteiger partial charge is 0.191 e. The maximum atomic E-state index is 5.82. The molecule has 0 aliphatic carbocycles. The van der Waals surface area contributed by atoms with Crippen LogP contribution in [0.2, 0.25) is 0 Å². The summed E-state index contributed by atoms with van der Waals surface area (Å²) >= 11 is 1.76. The Morgan fingerprint density at radius 2 is 2.10 bits per heavy atom. The Bertz CT molecular complexity index is 581. The summed E-state index contributed by atoms with van der Waals surface area (Å²) in [5.41, 5.74) is 1.19. The third-order valence-electron chi connectivity index (χ3n) is 3.01. The average Bonchev–Trinajstić information content (AvgIpc) is 2.85. The van der Waals surface area contributed by atoms with E-state index in [1.54, 1.807) is 11.8 Å². The van der Waals surface area contributed by atoms with Gasteiger partial charge in [0.1, 0.15) is 12.4 Å². The quantitative estimate of drug-likeness (QED) is 0.727. The molecule has 0 bridgehead atoms. The summed E-state index contributed by atoms with van der Waals surface area (Å²) in [7, 11) is 0. The summed E-state index contributed by atoms with van der Waals surface area (Å²) in [6, 6.07) is 8.05. The molecule has 0 radical (unpaired) electrons. The highest BCUT2D eigenvalue weighted by Gasteiger charge is 2.12. The summed E-state index contributed by atoms with van der Waals surface area (Å²) in [5.74, 6) is 3.45. The van der Waals surface area contributed by atoms with Crippen LogP contribution in [0, 0.1) is 12.8 Å². The van der Waals surface area contributed by atoms with Crippen LogP contribution in [0.25, 0.3) is 0 Å². The Morgan fingerprint density at radius 1 is 1.29 bits per heavy atom. The first-order chi connectivity index (χ1) is 10.1. The van der Waals surface area contributed by atoms with E-state index in [1.807, 2.05) is 18.2 Å². The largest absolute Gasteiger partial charge is 0.486 e. The van der Waals surface area contributed by atoms with Crippen LogP contribution in [0.1, 0.15) is 32.2 Å². The van der Waals surface area contributed by atoms with Crippen LogP contribution in [0.4, 0.5) is 0 Å². The molecule has 0 amide bonds. The lowest BCUT2D eigenvalue weighted by molar-refractivity contribution is 0.288. The molecule has 1 aromatic heterocycles. The molecule has 0 N–H and O–H groups in total. The standard InChI is InChI=1S/C16H23N3OS/c1-5-19-15(17-18-16(19)21-11-12(2)3)10-20-14-8-6-7-13(4)9-14/h6-9,12H,5,10-11H2,1-4H3. The van der Waals surface area contributed by atoms with E-state index in [1.165, 1.54) is 5.56 Å². The minimum Gasteiger partial charge on any atom is -0.486 e. The van der Waals surface area contributed by atoms with Crippen molar-refractivity contribution in [3.05, 3.63) is 35.7 Å². The van der Waals surface area contributed by atoms with Crippen molar-refractivity contribution in [3.8, 4) is 5.75 Å². The van der Waals surface area contributed by atoms with Gasteiger partial charge in [0.2, 0.25) is 0 Å². The SMILES string of the molecule is CCn1c(COc2cccc(C)c2)nnc1SCC(C)C. The van der Waals surface area contributed by atoms with E-state index >= 15 is 0 Å². The van der Waals surface area contributed by atoms with Gasteiger partial charge in [-0.1, -0.05) is 37.7 Å². The number of benzene rings is 1. The Balaban J connectivity index is 2.03.